The fourth-order valence-corrected chi connectivity index (χ4v) is 1.14. The van der Waals surface area contributed by atoms with E-state index >= 15 is 0 Å². The molecule has 0 radical (unpaired) electrons. The van der Waals surface area contributed by atoms with Crippen LogP contribution in [0.1, 0.15) is 0 Å². The molecule has 2 unspecified atom stereocenters. The van der Waals surface area contributed by atoms with Crippen molar-refractivity contribution in [1.29, 1.82) is 0 Å². The zero-order valence-electron chi connectivity index (χ0n) is 4.56. The molecule has 2 atom stereocenters. The fraction of sp³-hybridized carbons (Fsp3) is 1.00. The second kappa shape index (κ2) is 2.60. The van der Waals surface area contributed by atoms with Gasteiger partial charge >= 0.3 is 14.9 Å². The maximum atomic E-state index is 11.8. The van der Waals surface area contributed by atoms with Gasteiger partial charge in [-0.15, -0.1) is 0 Å². The van der Waals surface area contributed by atoms with Gasteiger partial charge in [-0.3, -0.25) is 4.52 Å². The molecule has 7 heteroatoms. The van der Waals surface area contributed by atoms with Gasteiger partial charge in [-0.05, 0) is 0 Å². The molecule has 1 heterocycles. The van der Waals surface area contributed by atoms with E-state index in [1.807, 2.05) is 0 Å². The first kappa shape index (κ1) is 8.17. The van der Waals surface area contributed by atoms with Gasteiger partial charge in [-0.25, -0.2) is 0 Å². The minimum atomic E-state index is -4.51. The van der Waals surface area contributed by atoms with E-state index in [2.05, 4.69) is 9.05 Å². The van der Waals surface area contributed by atoms with Crippen LogP contribution < -0.4 is 0 Å². The molecule has 1 saturated heterocycles. The van der Waals surface area contributed by atoms with Gasteiger partial charge in [-0.1, -0.05) is 0 Å². The van der Waals surface area contributed by atoms with Crippen molar-refractivity contribution in [2.45, 2.75) is 12.3 Å². The summed E-state index contributed by atoms with van der Waals surface area (Å²) in [5, 5.41) is 0. The molecule has 0 aromatic rings. The largest absolute Gasteiger partial charge is 0.417 e. The number of hydrogen-bond acceptors (Lipinski definition) is 2. The van der Waals surface area contributed by atoms with Crippen molar-refractivity contribution in [3.8, 4) is 0 Å². The first-order valence-corrected chi connectivity index (χ1v) is 3.39. The lowest BCUT2D eigenvalue weighted by Crippen LogP contribution is -2.29. The summed E-state index contributed by atoms with van der Waals surface area (Å²) in [6.45, 7) is -0.730. The summed E-state index contributed by atoms with van der Waals surface area (Å²) in [4.78, 5) is 0. The van der Waals surface area contributed by atoms with Crippen LogP contribution in [0.2, 0.25) is 0 Å². The minimum absolute atomic E-state index is 0.730. The topological polar surface area (TPSA) is 18.5 Å². The molecule has 0 saturated carbocycles. The monoisotopic (exact) mass is 178 g/mol. The molecule has 0 amide bonds. The van der Waals surface area contributed by atoms with Crippen molar-refractivity contribution in [2.24, 2.45) is 0 Å². The van der Waals surface area contributed by atoms with Gasteiger partial charge in [0.2, 0.25) is 0 Å². The van der Waals surface area contributed by atoms with Gasteiger partial charge in [0, 0.05) is 0 Å². The van der Waals surface area contributed by atoms with Crippen molar-refractivity contribution in [2.75, 3.05) is 6.61 Å². The summed E-state index contributed by atoms with van der Waals surface area (Å²) < 4.78 is 54.3. The van der Waals surface area contributed by atoms with Gasteiger partial charge in [-0.2, -0.15) is 17.4 Å². The average molecular weight is 178 g/mol. The zero-order chi connectivity index (χ0) is 7.78. The van der Waals surface area contributed by atoms with Gasteiger partial charge in [0.1, 0.15) is 0 Å². The smallest absolute Gasteiger partial charge is 0.306 e. The molecule has 1 aliphatic rings. The molecule has 10 heavy (non-hydrogen) atoms. The fourth-order valence-electron chi connectivity index (χ4n) is 0.441. The van der Waals surface area contributed by atoms with E-state index in [4.69, 9.17) is 0 Å². The average Bonchev–Trinajstić information content (AvgIpc) is 2.11. The van der Waals surface area contributed by atoms with Crippen LogP contribution in [0, 0.1) is 0 Å². The van der Waals surface area contributed by atoms with Gasteiger partial charge < -0.3 is 4.52 Å². The van der Waals surface area contributed by atoms with Crippen molar-refractivity contribution >= 4 is 8.69 Å². The zero-order valence-corrected chi connectivity index (χ0v) is 5.45. The lowest BCUT2D eigenvalue weighted by atomic mass is 10.4. The quantitative estimate of drug-likeness (QED) is 0.418. The predicted molar refractivity (Wildman–Crippen MR) is 24.9 cm³/mol. The van der Waals surface area contributed by atoms with E-state index in [1.54, 1.807) is 0 Å². The summed E-state index contributed by atoms with van der Waals surface area (Å²) in [5.74, 6) is 0. The SMILES string of the molecule is FP1OCC(C(F)(F)F)O1. The summed E-state index contributed by atoms with van der Waals surface area (Å²) in [6, 6.07) is 0. The van der Waals surface area contributed by atoms with E-state index in [0.29, 0.717) is 0 Å². The molecule has 1 aliphatic heterocycles. The summed E-state index contributed by atoms with van der Waals surface area (Å²) >= 11 is 0. The molecule has 2 nitrogen and oxygen atoms in total. The molecular weight excluding hydrogens is 175 g/mol. The second-order valence-electron chi connectivity index (χ2n) is 1.64. The Kier molecular flexibility index (Phi) is 2.12. The maximum absolute atomic E-state index is 11.8. The molecule has 0 aliphatic carbocycles. The minimum Gasteiger partial charge on any atom is -0.306 e. The van der Waals surface area contributed by atoms with Crippen LogP contribution in [0.25, 0.3) is 0 Å². The lowest BCUT2D eigenvalue weighted by molar-refractivity contribution is -0.189. The van der Waals surface area contributed by atoms with Crippen molar-refractivity contribution < 1.29 is 26.4 Å². The molecule has 0 spiro atoms. The van der Waals surface area contributed by atoms with E-state index in [0.717, 1.165) is 0 Å². The highest BCUT2D eigenvalue weighted by Gasteiger charge is 2.47. The first-order chi connectivity index (χ1) is 4.50. The van der Waals surface area contributed by atoms with Crippen LogP contribution in [-0.4, -0.2) is 18.9 Å². The molecule has 0 bridgehead atoms. The molecule has 0 N–H and O–H groups in total. The molecular formula is C3H3F4O2P. The van der Waals surface area contributed by atoms with E-state index in [9.17, 15) is 17.4 Å². The number of alkyl halides is 3. The maximum Gasteiger partial charge on any atom is 0.417 e. The van der Waals surface area contributed by atoms with Crippen LogP contribution in [0.15, 0.2) is 0 Å². The van der Waals surface area contributed by atoms with Crippen molar-refractivity contribution in [3.05, 3.63) is 0 Å². The van der Waals surface area contributed by atoms with E-state index < -0.39 is 27.6 Å². The normalized spacial score (nSPS) is 34.8. The van der Waals surface area contributed by atoms with Crippen LogP contribution in [0.4, 0.5) is 17.4 Å². The summed E-state index contributed by atoms with van der Waals surface area (Å²) in [5.41, 5.74) is 0. The molecule has 60 valence electrons. The lowest BCUT2D eigenvalue weighted by Gasteiger charge is -2.09. The van der Waals surface area contributed by atoms with Gasteiger partial charge in [0.05, 0.1) is 6.61 Å². The third kappa shape index (κ3) is 1.78. The molecule has 0 aromatic heterocycles. The Hall–Kier alpha value is 0.0700. The summed E-state index contributed by atoms with van der Waals surface area (Å²) in [6.07, 6.45) is -6.59. The van der Waals surface area contributed by atoms with E-state index in [-0.39, 0.29) is 0 Å². The Morgan fingerprint density at radius 1 is 1.40 bits per heavy atom. The highest BCUT2D eigenvalue weighted by atomic mass is 31.2. The molecule has 0 aromatic carbocycles. The Balaban J connectivity index is 2.45. The van der Waals surface area contributed by atoms with Crippen LogP contribution in [0.5, 0.6) is 0 Å². The van der Waals surface area contributed by atoms with Crippen molar-refractivity contribution in [3.63, 3.8) is 0 Å². The Labute approximate surface area is 55.1 Å². The third-order valence-electron chi connectivity index (χ3n) is 0.903. The first-order valence-electron chi connectivity index (χ1n) is 2.32. The highest BCUT2D eigenvalue weighted by molar-refractivity contribution is 7.41. The third-order valence-corrected chi connectivity index (χ3v) is 1.67. The Morgan fingerprint density at radius 2 is 2.00 bits per heavy atom. The number of rotatable bonds is 0. The van der Waals surface area contributed by atoms with Crippen LogP contribution >= 0.6 is 8.69 Å². The molecule has 1 rings (SSSR count). The summed E-state index contributed by atoms with van der Waals surface area (Å²) in [7, 11) is -2.79. The number of halogens is 4. The molecule has 1 fully saturated rings. The predicted octanol–water partition coefficient (Wildman–Crippen LogP) is 2.16. The van der Waals surface area contributed by atoms with Gasteiger partial charge in [0.25, 0.3) is 0 Å². The number of hydrogen-bond donors (Lipinski definition) is 0. The second-order valence-corrected chi connectivity index (χ2v) is 2.54. The van der Waals surface area contributed by atoms with Crippen LogP contribution in [0.3, 0.4) is 0 Å². The Bertz CT molecular complexity index is 126. The van der Waals surface area contributed by atoms with Crippen LogP contribution in [-0.2, 0) is 9.05 Å². The Morgan fingerprint density at radius 3 is 2.20 bits per heavy atom. The van der Waals surface area contributed by atoms with E-state index in [1.165, 1.54) is 0 Å². The highest BCUT2D eigenvalue weighted by Crippen LogP contribution is 2.49. The van der Waals surface area contributed by atoms with Crippen molar-refractivity contribution in [1.82, 2.24) is 0 Å². The standard InChI is InChI=1S/C3H3F4O2P/c4-3(5,6)2-1-8-10(7)9-2/h2H,1H2. The van der Waals surface area contributed by atoms with Gasteiger partial charge in [0.15, 0.2) is 6.10 Å².